The Balaban J connectivity index is 1.43. The molecule has 0 aliphatic heterocycles. The zero-order chi connectivity index (χ0) is 35.1. The molecular weight excluding hydrogens is 630 g/mol. The summed E-state index contributed by atoms with van der Waals surface area (Å²) in [5.41, 5.74) is 2.50. The first-order valence-electron chi connectivity index (χ1n) is 16.4. The van der Waals surface area contributed by atoms with Gasteiger partial charge in [-0.3, -0.25) is 9.59 Å². The first kappa shape index (κ1) is 38.1. The summed E-state index contributed by atoms with van der Waals surface area (Å²) in [6.45, 7) is 0.870. The Kier molecular flexibility index (Phi) is 17.3. The van der Waals surface area contributed by atoms with E-state index in [1.807, 2.05) is 78.9 Å². The van der Waals surface area contributed by atoms with Gasteiger partial charge in [-0.1, -0.05) is 97.4 Å². The zero-order valence-electron chi connectivity index (χ0n) is 27.5. The van der Waals surface area contributed by atoms with Crippen LogP contribution in [-0.4, -0.2) is 54.3 Å². The van der Waals surface area contributed by atoms with Crippen molar-refractivity contribution in [1.82, 2.24) is 16.0 Å². The van der Waals surface area contributed by atoms with Gasteiger partial charge >= 0.3 is 24.2 Å². The fraction of sp³-hybridized carbons (Fsp3) is 0.378. The van der Waals surface area contributed by atoms with Crippen LogP contribution in [-0.2, 0) is 43.6 Å². The molecule has 3 aromatic rings. The van der Waals surface area contributed by atoms with Crippen LogP contribution >= 0.6 is 0 Å². The molecule has 0 aliphatic carbocycles. The number of Topliss-reactive ketones (excluding diaryl/α,β-unsaturated/α-hetero) is 1. The molecule has 3 rings (SSSR count). The van der Waals surface area contributed by atoms with Crippen molar-refractivity contribution < 1.29 is 43.3 Å². The first-order chi connectivity index (χ1) is 23.8. The van der Waals surface area contributed by atoms with Gasteiger partial charge in [0.05, 0.1) is 12.0 Å². The van der Waals surface area contributed by atoms with Crippen molar-refractivity contribution in [1.29, 1.82) is 0 Å². The maximum absolute atomic E-state index is 13.3. The number of carbonyl (C=O) groups is 5. The molecule has 0 aromatic heterocycles. The van der Waals surface area contributed by atoms with Gasteiger partial charge in [0.25, 0.3) is 0 Å². The maximum Gasteiger partial charge on any atom is 0.408 e. The third kappa shape index (κ3) is 16.3. The van der Waals surface area contributed by atoms with Crippen LogP contribution in [0.1, 0.15) is 61.6 Å². The maximum atomic E-state index is 13.3. The van der Waals surface area contributed by atoms with Crippen molar-refractivity contribution in [2.45, 2.75) is 70.8 Å². The van der Waals surface area contributed by atoms with E-state index in [4.69, 9.17) is 14.2 Å². The molecule has 12 nitrogen and oxygen atoms in total. The Morgan fingerprint density at radius 3 is 1.39 bits per heavy atom. The molecule has 4 N–H and O–H groups in total. The number of hydrogen-bond donors (Lipinski definition) is 4. The van der Waals surface area contributed by atoms with Crippen LogP contribution in [0.25, 0.3) is 0 Å². The van der Waals surface area contributed by atoms with E-state index >= 15 is 0 Å². The summed E-state index contributed by atoms with van der Waals surface area (Å²) in [7, 11) is 0. The second-order valence-corrected chi connectivity index (χ2v) is 11.4. The molecule has 49 heavy (non-hydrogen) atoms. The molecule has 0 saturated carbocycles. The Labute approximate surface area is 286 Å². The summed E-state index contributed by atoms with van der Waals surface area (Å²) >= 11 is 0. The Morgan fingerprint density at radius 1 is 0.551 bits per heavy atom. The van der Waals surface area contributed by atoms with Crippen molar-refractivity contribution >= 4 is 30.0 Å². The highest BCUT2D eigenvalue weighted by Gasteiger charge is 2.27. The normalized spacial score (nSPS) is 11.8. The summed E-state index contributed by atoms with van der Waals surface area (Å²) < 4.78 is 15.7. The van der Waals surface area contributed by atoms with Gasteiger partial charge in [0.2, 0.25) is 0 Å². The molecule has 12 heteroatoms. The smallest absolute Gasteiger partial charge is 0.408 e. The Hall–Kier alpha value is -5.39. The molecule has 0 unspecified atom stereocenters. The lowest BCUT2D eigenvalue weighted by atomic mass is 9.92. The number of nitrogens with one attached hydrogen (secondary N) is 3. The van der Waals surface area contributed by atoms with Crippen LogP contribution in [0.15, 0.2) is 91.0 Å². The minimum Gasteiger partial charge on any atom is -0.481 e. The fourth-order valence-electron chi connectivity index (χ4n) is 4.84. The van der Waals surface area contributed by atoms with Crippen molar-refractivity contribution in [3.63, 3.8) is 0 Å². The number of ether oxygens (including phenoxy) is 3. The molecule has 0 fully saturated rings. The lowest BCUT2D eigenvalue weighted by Crippen LogP contribution is -2.42. The largest absolute Gasteiger partial charge is 0.481 e. The van der Waals surface area contributed by atoms with E-state index in [-0.39, 0.29) is 39.1 Å². The molecule has 3 amide bonds. The Bertz CT molecular complexity index is 1440. The summed E-state index contributed by atoms with van der Waals surface area (Å²) in [5.74, 6) is -2.52. The molecule has 0 radical (unpaired) electrons. The Morgan fingerprint density at radius 2 is 0.959 bits per heavy atom. The van der Waals surface area contributed by atoms with Gasteiger partial charge in [0.1, 0.15) is 19.8 Å². The number of alkyl carbamates (subject to hydrolysis) is 3. The predicted molar refractivity (Wildman–Crippen MR) is 181 cm³/mol. The van der Waals surface area contributed by atoms with E-state index in [0.717, 1.165) is 16.7 Å². The molecule has 0 bridgehead atoms. The van der Waals surface area contributed by atoms with Gasteiger partial charge in [-0.05, 0) is 48.8 Å². The van der Waals surface area contributed by atoms with E-state index in [2.05, 4.69) is 16.0 Å². The number of ketones is 1. The lowest BCUT2D eigenvalue weighted by Gasteiger charge is -2.20. The summed E-state index contributed by atoms with van der Waals surface area (Å²) in [4.78, 5) is 62.0. The number of aliphatic carboxylic acids is 1. The number of benzene rings is 3. The van der Waals surface area contributed by atoms with Gasteiger partial charge < -0.3 is 35.3 Å². The molecule has 2 atom stereocenters. The number of unbranched alkanes of at least 4 members (excludes halogenated alkanes) is 2. The van der Waals surface area contributed by atoms with Crippen LogP contribution in [0, 0.1) is 5.92 Å². The van der Waals surface area contributed by atoms with Crippen LogP contribution in [0.3, 0.4) is 0 Å². The van der Waals surface area contributed by atoms with Gasteiger partial charge in [-0.2, -0.15) is 0 Å². The minimum atomic E-state index is -1.12. The van der Waals surface area contributed by atoms with E-state index in [1.165, 1.54) is 0 Å². The molecule has 0 aliphatic rings. The molecular formula is C37H45N3O9. The minimum absolute atomic E-state index is 0.00812. The van der Waals surface area contributed by atoms with Gasteiger partial charge in [-0.25, -0.2) is 14.4 Å². The average molecular weight is 676 g/mol. The lowest BCUT2D eigenvalue weighted by molar-refractivity contribution is -0.144. The fourth-order valence-corrected chi connectivity index (χ4v) is 4.84. The van der Waals surface area contributed by atoms with E-state index in [0.29, 0.717) is 38.8 Å². The number of amides is 3. The van der Waals surface area contributed by atoms with E-state index < -0.39 is 42.0 Å². The van der Waals surface area contributed by atoms with Crippen LogP contribution in [0.2, 0.25) is 0 Å². The highest BCUT2D eigenvalue weighted by atomic mass is 16.6. The number of rotatable bonds is 21. The highest BCUT2D eigenvalue weighted by Crippen LogP contribution is 2.17. The highest BCUT2D eigenvalue weighted by molar-refractivity contribution is 5.90. The molecule has 0 spiro atoms. The average Bonchev–Trinajstić information content (AvgIpc) is 3.12. The second kappa shape index (κ2) is 22.2. The summed E-state index contributed by atoms with van der Waals surface area (Å²) in [5, 5.41) is 17.7. The first-order valence-corrected chi connectivity index (χ1v) is 16.4. The second-order valence-electron chi connectivity index (χ2n) is 11.4. The molecule has 262 valence electrons. The number of carboxylic acids is 1. The monoisotopic (exact) mass is 675 g/mol. The van der Waals surface area contributed by atoms with E-state index in [9.17, 15) is 29.1 Å². The van der Waals surface area contributed by atoms with Crippen LogP contribution in [0.5, 0.6) is 0 Å². The standard InChI is InChI=1S/C37H45N3O9/c41-33(24-31(34(42)43)20-10-12-22-38-35(44)47-25-28-14-4-1-5-15-28)32(40-37(46)49-27-30-18-8-3-9-19-30)21-11-13-23-39-36(45)48-26-29-16-6-2-7-17-29/h1-9,14-19,31-32H,10-13,20-27H2,(H,38,44)(H,39,45)(H,40,46)(H,42,43)/t31-,32+/m1/s1. The molecule has 3 aromatic carbocycles. The molecule has 0 heterocycles. The van der Waals surface area contributed by atoms with Crippen molar-refractivity contribution in [3.05, 3.63) is 108 Å². The third-order valence-electron chi connectivity index (χ3n) is 7.55. The number of carboxylic acid groups (broad SMARTS) is 1. The number of hydrogen-bond acceptors (Lipinski definition) is 8. The van der Waals surface area contributed by atoms with Crippen molar-refractivity contribution in [2.24, 2.45) is 5.92 Å². The van der Waals surface area contributed by atoms with Crippen LogP contribution in [0.4, 0.5) is 14.4 Å². The van der Waals surface area contributed by atoms with Gasteiger partial charge in [0, 0.05) is 19.5 Å². The topological polar surface area (TPSA) is 169 Å². The van der Waals surface area contributed by atoms with Gasteiger partial charge in [-0.15, -0.1) is 0 Å². The quantitative estimate of drug-likeness (QED) is 0.0766. The zero-order valence-corrected chi connectivity index (χ0v) is 27.5. The third-order valence-corrected chi connectivity index (χ3v) is 7.55. The summed E-state index contributed by atoms with van der Waals surface area (Å²) in [6.07, 6.45) is 0.121. The SMILES string of the molecule is O=C(NCCCC[C@H](CC(=O)[C@H](CCCCNC(=O)OCc1ccccc1)NC(=O)OCc1ccccc1)C(=O)O)OCc1ccccc1. The van der Waals surface area contributed by atoms with Crippen LogP contribution < -0.4 is 16.0 Å². The van der Waals surface area contributed by atoms with Gasteiger partial charge in [0.15, 0.2) is 5.78 Å². The van der Waals surface area contributed by atoms with Crippen molar-refractivity contribution in [2.75, 3.05) is 13.1 Å². The van der Waals surface area contributed by atoms with Crippen molar-refractivity contribution in [3.8, 4) is 0 Å². The summed E-state index contributed by atoms with van der Waals surface area (Å²) in [6, 6.07) is 26.6. The predicted octanol–water partition coefficient (Wildman–Crippen LogP) is 6.13. The van der Waals surface area contributed by atoms with E-state index in [1.54, 1.807) is 12.1 Å². The molecule has 0 saturated heterocycles. The number of carbonyl (C=O) groups excluding carboxylic acids is 4.